The van der Waals surface area contributed by atoms with Crippen molar-refractivity contribution in [1.82, 2.24) is 4.90 Å². The zero-order valence-corrected chi connectivity index (χ0v) is 22.0. The molecule has 2 atom stereocenters. The number of nitrogens with zero attached hydrogens (tertiary/aromatic N) is 1. The van der Waals surface area contributed by atoms with Crippen LogP contribution in [0.3, 0.4) is 0 Å². The fraction of sp³-hybridized carbons (Fsp3) is 0.400. The van der Waals surface area contributed by atoms with Crippen molar-refractivity contribution in [3.05, 3.63) is 76.7 Å². The molecule has 39 heavy (non-hydrogen) atoms. The second kappa shape index (κ2) is 9.73. The summed E-state index contributed by atoms with van der Waals surface area (Å²) in [5.41, 5.74) is 0.745. The van der Waals surface area contributed by atoms with Crippen molar-refractivity contribution in [3.63, 3.8) is 0 Å². The first-order valence-corrected chi connectivity index (χ1v) is 13.1. The molecule has 3 heterocycles. The molecule has 204 valence electrons. The number of benzene rings is 2. The fourth-order valence-corrected chi connectivity index (χ4v) is 6.26. The van der Waals surface area contributed by atoms with Crippen LogP contribution in [0.25, 0.3) is 5.57 Å². The number of hydrogen-bond donors (Lipinski definition) is 1. The van der Waals surface area contributed by atoms with E-state index in [1.54, 1.807) is 24.3 Å². The first-order valence-electron chi connectivity index (χ1n) is 13.1. The van der Waals surface area contributed by atoms with Gasteiger partial charge in [-0.15, -0.1) is 0 Å². The van der Waals surface area contributed by atoms with Gasteiger partial charge in [-0.2, -0.15) is 0 Å². The molecule has 9 nitrogen and oxygen atoms in total. The van der Waals surface area contributed by atoms with Crippen molar-refractivity contribution in [2.75, 3.05) is 34.1 Å². The molecular formula is C30H31NO8. The second-order valence-corrected chi connectivity index (χ2v) is 10.4. The molecule has 0 amide bonds. The normalized spacial score (nSPS) is 22.7. The number of esters is 2. The molecular weight excluding hydrogens is 502 g/mol. The number of methoxy groups -OCH3 is 2. The van der Waals surface area contributed by atoms with Crippen LogP contribution < -0.4 is 9.47 Å². The van der Waals surface area contributed by atoms with Gasteiger partial charge in [-0.05, 0) is 60.7 Å². The van der Waals surface area contributed by atoms with Gasteiger partial charge in [0.15, 0.2) is 28.6 Å². The van der Waals surface area contributed by atoms with E-state index in [9.17, 15) is 14.7 Å². The lowest BCUT2D eigenvalue weighted by Gasteiger charge is -2.34. The third-order valence-electron chi connectivity index (χ3n) is 8.12. The van der Waals surface area contributed by atoms with E-state index >= 15 is 0 Å². The smallest absolute Gasteiger partial charge is 0.344 e. The van der Waals surface area contributed by atoms with Crippen molar-refractivity contribution in [2.45, 2.75) is 43.2 Å². The van der Waals surface area contributed by atoms with Gasteiger partial charge < -0.3 is 28.8 Å². The topological polar surface area (TPSA) is 104 Å². The molecule has 3 aliphatic heterocycles. The zero-order chi connectivity index (χ0) is 27.2. The summed E-state index contributed by atoms with van der Waals surface area (Å²) in [6.07, 6.45) is 3.92. The number of rotatable bonds is 7. The first kappa shape index (κ1) is 25.5. The Bertz CT molecular complexity index is 1380. The minimum atomic E-state index is -2.16. The van der Waals surface area contributed by atoms with Crippen LogP contribution in [-0.4, -0.2) is 67.2 Å². The molecule has 0 aromatic heterocycles. The fourth-order valence-electron chi connectivity index (χ4n) is 6.26. The molecule has 2 aromatic carbocycles. The number of ether oxygens (including phenoxy) is 5. The predicted octanol–water partition coefficient (Wildman–Crippen LogP) is 3.14. The van der Waals surface area contributed by atoms with Gasteiger partial charge >= 0.3 is 11.9 Å². The Kier molecular flexibility index (Phi) is 6.35. The highest BCUT2D eigenvalue weighted by atomic mass is 16.7. The molecule has 1 fully saturated rings. The summed E-state index contributed by atoms with van der Waals surface area (Å²) < 4.78 is 28.0. The molecule has 2 aromatic rings. The third kappa shape index (κ3) is 4.26. The van der Waals surface area contributed by atoms with Gasteiger partial charge in [0.05, 0.1) is 26.2 Å². The number of carbonyl (C=O) groups is 2. The van der Waals surface area contributed by atoms with Gasteiger partial charge in [-0.25, -0.2) is 4.79 Å². The van der Waals surface area contributed by atoms with E-state index in [1.807, 2.05) is 24.3 Å². The quantitative estimate of drug-likeness (QED) is 0.538. The number of carbonyl (C=O) groups excluding carboxylic acids is 2. The highest BCUT2D eigenvalue weighted by Crippen LogP contribution is 2.54. The predicted molar refractivity (Wildman–Crippen MR) is 140 cm³/mol. The summed E-state index contributed by atoms with van der Waals surface area (Å²) in [5.74, 6) is 0.310. The second-order valence-electron chi connectivity index (χ2n) is 10.4. The average molecular weight is 534 g/mol. The highest BCUT2D eigenvalue weighted by molar-refractivity contribution is 5.91. The molecule has 0 bridgehead atoms. The lowest BCUT2D eigenvalue weighted by molar-refractivity contribution is -0.168. The van der Waals surface area contributed by atoms with E-state index in [2.05, 4.69) is 4.90 Å². The standard InChI is InChI=1S/C30H31NO8/c1-35-24-16-29-10-6-11-31(29)12-9-20-13-22-23(38-18-37-22)14-21(20)26(29)27(24)39-28(33)30(34,17-25(32)36-2)15-19-7-4-3-5-8-19/h3-5,7-8,13-14,16,34H,6,9-12,15,17-18H2,1-2H3. The summed E-state index contributed by atoms with van der Waals surface area (Å²) in [7, 11) is 2.75. The minimum absolute atomic E-state index is 0.122. The van der Waals surface area contributed by atoms with Crippen molar-refractivity contribution in [3.8, 4) is 11.5 Å². The van der Waals surface area contributed by atoms with Gasteiger partial charge in [-0.1, -0.05) is 30.3 Å². The average Bonchev–Trinajstić information content (AvgIpc) is 3.62. The van der Waals surface area contributed by atoms with Gasteiger partial charge in [0.2, 0.25) is 6.79 Å². The lowest BCUT2D eigenvalue weighted by Crippen LogP contribution is -2.45. The van der Waals surface area contributed by atoms with E-state index in [0.717, 1.165) is 49.1 Å². The van der Waals surface area contributed by atoms with Crippen LogP contribution in [0.15, 0.2) is 60.1 Å². The van der Waals surface area contributed by atoms with Crippen molar-refractivity contribution in [2.24, 2.45) is 0 Å². The highest BCUT2D eigenvalue weighted by Gasteiger charge is 2.53. The van der Waals surface area contributed by atoms with Crippen molar-refractivity contribution in [1.29, 1.82) is 0 Å². The van der Waals surface area contributed by atoms with Gasteiger partial charge in [0, 0.05) is 18.5 Å². The van der Waals surface area contributed by atoms with Crippen LogP contribution in [0, 0.1) is 0 Å². The molecule has 1 N–H and O–H groups in total. The van der Waals surface area contributed by atoms with E-state index in [-0.39, 0.29) is 19.0 Å². The van der Waals surface area contributed by atoms with Crippen LogP contribution in [0.5, 0.6) is 11.5 Å². The molecule has 0 saturated carbocycles. The maximum atomic E-state index is 13.8. The lowest BCUT2D eigenvalue weighted by atomic mass is 9.84. The van der Waals surface area contributed by atoms with Crippen LogP contribution >= 0.6 is 0 Å². The summed E-state index contributed by atoms with van der Waals surface area (Å²) in [4.78, 5) is 28.5. The molecule has 4 aliphatic rings. The van der Waals surface area contributed by atoms with Crippen LogP contribution in [-0.2, 0) is 36.6 Å². The largest absolute Gasteiger partial charge is 0.493 e. The minimum Gasteiger partial charge on any atom is -0.493 e. The molecule has 1 saturated heterocycles. The number of aliphatic hydroxyl groups is 1. The Balaban J connectivity index is 1.46. The maximum Gasteiger partial charge on any atom is 0.344 e. The summed E-state index contributed by atoms with van der Waals surface area (Å²) in [5, 5.41) is 11.6. The maximum absolute atomic E-state index is 13.8. The summed E-state index contributed by atoms with van der Waals surface area (Å²) in [6.45, 7) is 1.85. The first-order chi connectivity index (χ1) is 18.9. The zero-order valence-electron chi connectivity index (χ0n) is 22.0. The van der Waals surface area contributed by atoms with E-state index in [4.69, 9.17) is 23.7 Å². The summed E-state index contributed by atoms with van der Waals surface area (Å²) in [6, 6.07) is 12.9. The van der Waals surface area contributed by atoms with E-state index in [1.165, 1.54) is 14.2 Å². The van der Waals surface area contributed by atoms with Crippen LogP contribution in [0.2, 0.25) is 0 Å². The molecule has 6 rings (SSSR count). The molecule has 1 aliphatic carbocycles. The van der Waals surface area contributed by atoms with Gasteiger partial charge in [0.25, 0.3) is 0 Å². The number of hydrogen-bond acceptors (Lipinski definition) is 9. The Morgan fingerprint density at radius 3 is 2.62 bits per heavy atom. The molecule has 1 spiro atoms. The Morgan fingerprint density at radius 2 is 1.87 bits per heavy atom. The van der Waals surface area contributed by atoms with E-state index in [0.29, 0.717) is 22.8 Å². The monoisotopic (exact) mass is 533 g/mol. The Hall–Kier alpha value is -3.82. The Labute approximate surface area is 226 Å². The molecule has 0 radical (unpaired) electrons. The van der Waals surface area contributed by atoms with Crippen molar-refractivity contribution >= 4 is 17.5 Å². The molecule has 2 unspecified atom stereocenters. The van der Waals surface area contributed by atoms with Gasteiger partial charge in [0.1, 0.15) is 0 Å². The van der Waals surface area contributed by atoms with Crippen molar-refractivity contribution < 1.29 is 38.4 Å². The van der Waals surface area contributed by atoms with Crippen LogP contribution in [0.4, 0.5) is 0 Å². The molecule has 9 heteroatoms. The van der Waals surface area contributed by atoms with E-state index < -0.39 is 29.5 Å². The summed E-state index contributed by atoms with van der Waals surface area (Å²) >= 11 is 0. The van der Waals surface area contributed by atoms with Crippen LogP contribution in [0.1, 0.15) is 36.0 Å². The SMILES string of the molecule is COC(=O)CC(O)(Cc1ccccc1)C(=O)OC1=C2c3cc4c(cc3CCN3CCCC23C=C1OC)OCO4. The Morgan fingerprint density at radius 1 is 1.10 bits per heavy atom. The third-order valence-corrected chi connectivity index (χ3v) is 8.12. The van der Waals surface area contributed by atoms with Gasteiger partial charge in [-0.3, -0.25) is 9.69 Å². The number of fused-ring (bicyclic) bond motifs is 3.